The highest BCUT2D eigenvalue weighted by molar-refractivity contribution is 7.13. The van der Waals surface area contributed by atoms with Crippen LogP contribution in [0.5, 0.6) is 0 Å². The number of anilines is 1. The SMILES string of the molecule is CC(C)NCCCC(=O)Nc1nc(C(C)C)cs1. The van der Waals surface area contributed by atoms with Crippen molar-refractivity contribution in [1.29, 1.82) is 0 Å². The van der Waals surface area contributed by atoms with E-state index < -0.39 is 0 Å². The highest BCUT2D eigenvalue weighted by Crippen LogP contribution is 2.21. The lowest BCUT2D eigenvalue weighted by atomic mass is 10.2. The minimum atomic E-state index is 0.0465. The maximum atomic E-state index is 11.7. The molecule has 0 aromatic carbocycles. The van der Waals surface area contributed by atoms with Crippen LogP contribution >= 0.6 is 11.3 Å². The van der Waals surface area contributed by atoms with E-state index in [2.05, 4.69) is 43.3 Å². The van der Waals surface area contributed by atoms with Crippen molar-refractivity contribution in [2.45, 2.75) is 52.5 Å². The molecule has 1 aromatic rings. The monoisotopic (exact) mass is 269 g/mol. The molecule has 0 aliphatic heterocycles. The molecule has 0 radical (unpaired) electrons. The Morgan fingerprint density at radius 2 is 2.11 bits per heavy atom. The van der Waals surface area contributed by atoms with Crippen molar-refractivity contribution in [1.82, 2.24) is 10.3 Å². The van der Waals surface area contributed by atoms with E-state index in [1.54, 1.807) is 0 Å². The van der Waals surface area contributed by atoms with Gasteiger partial charge in [0.15, 0.2) is 5.13 Å². The number of thiazole rings is 1. The van der Waals surface area contributed by atoms with E-state index >= 15 is 0 Å². The van der Waals surface area contributed by atoms with Crippen molar-refractivity contribution >= 4 is 22.4 Å². The molecule has 0 atom stereocenters. The molecule has 1 aromatic heterocycles. The topological polar surface area (TPSA) is 54.0 Å². The number of carbonyl (C=O) groups is 1. The van der Waals surface area contributed by atoms with E-state index in [0.717, 1.165) is 18.7 Å². The normalized spacial score (nSPS) is 11.2. The Hall–Kier alpha value is -0.940. The van der Waals surface area contributed by atoms with Crippen molar-refractivity contribution in [2.75, 3.05) is 11.9 Å². The number of nitrogens with zero attached hydrogens (tertiary/aromatic N) is 1. The van der Waals surface area contributed by atoms with Gasteiger partial charge >= 0.3 is 0 Å². The first-order valence-corrected chi connectivity index (χ1v) is 7.35. The lowest BCUT2D eigenvalue weighted by molar-refractivity contribution is -0.116. The predicted molar refractivity (Wildman–Crippen MR) is 77.2 cm³/mol. The third-order valence-corrected chi connectivity index (χ3v) is 3.27. The molecule has 0 saturated carbocycles. The Balaban J connectivity index is 2.26. The third kappa shape index (κ3) is 5.60. The van der Waals surface area contributed by atoms with E-state index in [9.17, 15) is 4.79 Å². The van der Waals surface area contributed by atoms with Gasteiger partial charge in [0.25, 0.3) is 0 Å². The molecule has 18 heavy (non-hydrogen) atoms. The Morgan fingerprint density at radius 1 is 1.39 bits per heavy atom. The van der Waals surface area contributed by atoms with Crippen LogP contribution in [0.4, 0.5) is 5.13 Å². The van der Waals surface area contributed by atoms with Gasteiger partial charge in [0.2, 0.25) is 5.91 Å². The Morgan fingerprint density at radius 3 is 2.67 bits per heavy atom. The first kappa shape index (κ1) is 15.1. The Kier molecular flexibility index (Phi) is 6.29. The molecular weight excluding hydrogens is 246 g/mol. The molecular formula is C13H23N3OS. The fraction of sp³-hybridized carbons (Fsp3) is 0.692. The molecule has 5 heteroatoms. The smallest absolute Gasteiger partial charge is 0.226 e. The molecule has 1 heterocycles. The van der Waals surface area contributed by atoms with Crippen LogP contribution in [0.1, 0.15) is 52.1 Å². The Labute approximate surface area is 113 Å². The summed E-state index contributed by atoms with van der Waals surface area (Å²) in [6.45, 7) is 9.27. The van der Waals surface area contributed by atoms with Crippen LogP contribution in [0.2, 0.25) is 0 Å². The second-order valence-corrected chi connectivity index (χ2v) is 5.85. The van der Waals surface area contributed by atoms with Crippen LogP contribution in [0, 0.1) is 0 Å². The minimum absolute atomic E-state index is 0.0465. The van der Waals surface area contributed by atoms with Crippen molar-refractivity contribution in [3.05, 3.63) is 11.1 Å². The van der Waals surface area contributed by atoms with Crippen LogP contribution in [0.3, 0.4) is 0 Å². The summed E-state index contributed by atoms with van der Waals surface area (Å²) in [5.74, 6) is 0.451. The number of hydrogen-bond acceptors (Lipinski definition) is 4. The van der Waals surface area contributed by atoms with Gasteiger partial charge in [-0.2, -0.15) is 0 Å². The van der Waals surface area contributed by atoms with Gasteiger partial charge in [-0.3, -0.25) is 4.79 Å². The van der Waals surface area contributed by atoms with E-state index in [0.29, 0.717) is 23.5 Å². The summed E-state index contributed by atoms with van der Waals surface area (Å²) < 4.78 is 0. The number of nitrogens with one attached hydrogen (secondary N) is 2. The molecule has 2 N–H and O–H groups in total. The maximum absolute atomic E-state index is 11.7. The summed E-state index contributed by atoms with van der Waals surface area (Å²) in [4.78, 5) is 16.0. The fourth-order valence-electron chi connectivity index (χ4n) is 1.43. The number of carbonyl (C=O) groups excluding carboxylic acids is 1. The molecule has 4 nitrogen and oxygen atoms in total. The van der Waals surface area contributed by atoms with Gasteiger partial charge in [0, 0.05) is 17.8 Å². The summed E-state index contributed by atoms with van der Waals surface area (Å²) in [7, 11) is 0. The summed E-state index contributed by atoms with van der Waals surface area (Å²) in [6, 6.07) is 0.473. The summed E-state index contributed by atoms with van der Waals surface area (Å²) in [5.41, 5.74) is 1.04. The van der Waals surface area contributed by atoms with Gasteiger partial charge < -0.3 is 10.6 Å². The second-order valence-electron chi connectivity index (χ2n) is 4.99. The number of rotatable bonds is 7. The largest absolute Gasteiger partial charge is 0.315 e. The van der Waals surface area contributed by atoms with Gasteiger partial charge in [0.1, 0.15) is 0 Å². The van der Waals surface area contributed by atoms with Gasteiger partial charge in [-0.05, 0) is 18.9 Å². The summed E-state index contributed by atoms with van der Waals surface area (Å²) in [5, 5.41) is 8.85. The molecule has 0 spiro atoms. The molecule has 0 aliphatic carbocycles. The van der Waals surface area contributed by atoms with Gasteiger partial charge in [-0.25, -0.2) is 4.98 Å². The summed E-state index contributed by atoms with van der Waals surface area (Å²) >= 11 is 1.49. The quantitative estimate of drug-likeness (QED) is 0.748. The highest BCUT2D eigenvalue weighted by atomic mass is 32.1. The first-order valence-electron chi connectivity index (χ1n) is 6.47. The van der Waals surface area contributed by atoms with Crippen LogP contribution in [0.25, 0.3) is 0 Å². The van der Waals surface area contributed by atoms with Gasteiger partial charge in [-0.1, -0.05) is 27.7 Å². The van der Waals surface area contributed by atoms with Crippen molar-refractivity contribution in [3.63, 3.8) is 0 Å². The van der Waals surface area contributed by atoms with E-state index in [4.69, 9.17) is 0 Å². The number of hydrogen-bond donors (Lipinski definition) is 2. The van der Waals surface area contributed by atoms with Gasteiger partial charge in [0.05, 0.1) is 5.69 Å². The standard InChI is InChI=1S/C13H23N3OS/c1-9(2)11-8-18-13(15-11)16-12(17)6-5-7-14-10(3)4/h8-10,14H,5-7H2,1-4H3,(H,15,16,17). The second kappa shape index (κ2) is 7.48. The number of aromatic nitrogens is 1. The van der Waals surface area contributed by atoms with Crippen LogP contribution in [-0.4, -0.2) is 23.5 Å². The third-order valence-electron chi connectivity index (χ3n) is 2.49. The maximum Gasteiger partial charge on any atom is 0.226 e. The van der Waals surface area contributed by atoms with Crippen LogP contribution in [0.15, 0.2) is 5.38 Å². The van der Waals surface area contributed by atoms with Crippen LogP contribution in [-0.2, 0) is 4.79 Å². The number of amides is 1. The van der Waals surface area contributed by atoms with E-state index in [1.165, 1.54) is 11.3 Å². The molecule has 102 valence electrons. The first-order chi connectivity index (χ1) is 8.49. The lowest BCUT2D eigenvalue weighted by Crippen LogP contribution is -2.24. The van der Waals surface area contributed by atoms with Crippen molar-refractivity contribution in [2.24, 2.45) is 0 Å². The average molecular weight is 269 g/mol. The summed E-state index contributed by atoms with van der Waals surface area (Å²) in [6.07, 6.45) is 1.39. The predicted octanol–water partition coefficient (Wildman–Crippen LogP) is 2.98. The minimum Gasteiger partial charge on any atom is -0.315 e. The molecule has 1 rings (SSSR count). The lowest BCUT2D eigenvalue weighted by Gasteiger charge is -2.07. The molecule has 1 amide bonds. The molecule has 0 aliphatic rings. The average Bonchev–Trinajstić information content (AvgIpc) is 2.72. The van der Waals surface area contributed by atoms with Crippen LogP contribution < -0.4 is 10.6 Å². The zero-order valence-corrected chi connectivity index (χ0v) is 12.4. The fourth-order valence-corrected chi connectivity index (χ4v) is 2.32. The van der Waals surface area contributed by atoms with E-state index in [1.807, 2.05) is 5.38 Å². The molecule has 0 unspecified atom stereocenters. The highest BCUT2D eigenvalue weighted by Gasteiger charge is 2.08. The molecule has 0 saturated heterocycles. The van der Waals surface area contributed by atoms with Crippen molar-refractivity contribution in [3.8, 4) is 0 Å². The molecule has 0 bridgehead atoms. The molecule has 0 fully saturated rings. The Bertz CT molecular complexity index is 374. The van der Waals surface area contributed by atoms with E-state index in [-0.39, 0.29) is 5.91 Å². The zero-order chi connectivity index (χ0) is 13.5. The zero-order valence-electron chi connectivity index (χ0n) is 11.6. The van der Waals surface area contributed by atoms with Crippen molar-refractivity contribution < 1.29 is 4.79 Å². The van der Waals surface area contributed by atoms with Gasteiger partial charge in [-0.15, -0.1) is 11.3 Å².